The number of benzene rings is 2. The fraction of sp³-hybridized carbons (Fsp3) is 0.581. The van der Waals surface area contributed by atoms with Gasteiger partial charge >= 0.3 is 5.97 Å². The summed E-state index contributed by atoms with van der Waals surface area (Å²) in [6.45, 7) is 4.64. The molecule has 5 fully saturated rings. The van der Waals surface area contributed by atoms with Crippen LogP contribution in [0.1, 0.15) is 75.3 Å². The predicted molar refractivity (Wildman–Crippen MR) is 141 cm³/mol. The zero-order chi connectivity index (χ0) is 23.9. The maximum atomic E-state index is 14.0. The summed E-state index contributed by atoms with van der Waals surface area (Å²) < 4.78 is 7.71. The second kappa shape index (κ2) is 10.4. The zero-order valence-corrected chi connectivity index (χ0v) is 23.6. The van der Waals surface area contributed by atoms with Crippen LogP contribution >= 0.6 is 11.6 Å². The highest BCUT2D eigenvalue weighted by molar-refractivity contribution is 6.30. The first kappa shape index (κ1) is 26.3. The van der Waals surface area contributed by atoms with Crippen LogP contribution in [0.25, 0.3) is 0 Å². The molecule has 7 rings (SSSR count). The number of hydrogen-bond donors (Lipinski definition) is 0. The molecule has 3 saturated heterocycles. The van der Waals surface area contributed by atoms with E-state index in [1.807, 2.05) is 12.1 Å². The fourth-order valence-corrected chi connectivity index (χ4v) is 7.79. The maximum absolute atomic E-state index is 14.0. The first-order valence-corrected chi connectivity index (χ1v) is 14.3. The third-order valence-electron chi connectivity index (χ3n) is 9.92. The Morgan fingerprint density at radius 3 is 2.11 bits per heavy atom. The molecule has 5 aliphatic rings. The van der Waals surface area contributed by atoms with Crippen molar-refractivity contribution in [2.75, 3.05) is 26.2 Å². The van der Waals surface area contributed by atoms with Crippen molar-refractivity contribution < 1.29 is 31.0 Å². The Kier molecular flexibility index (Phi) is 7.60. The van der Waals surface area contributed by atoms with E-state index in [0.717, 1.165) is 47.3 Å². The van der Waals surface area contributed by atoms with Crippen LogP contribution in [-0.4, -0.2) is 42.7 Å². The Hall–Kier alpha value is -1.36. The molecule has 2 aliphatic carbocycles. The van der Waals surface area contributed by atoms with Crippen molar-refractivity contribution in [1.29, 1.82) is 0 Å². The highest BCUT2D eigenvalue weighted by atomic mass is 79.9. The van der Waals surface area contributed by atoms with Gasteiger partial charge in [-0.1, -0.05) is 79.7 Å². The van der Waals surface area contributed by atoms with Crippen LogP contribution in [0.5, 0.6) is 0 Å². The van der Waals surface area contributed by atoms with E-state index in [4.69, 9.17) is 16.3 Å². The molecule has 0 spiro atoms. The standard InChI is InChI=1S/C31H39ClNO2.BrH/c32-27-12-10-25(11-13-27)30(18-19-30)23-33-20-14-24(15-21-33)28(22-33)35-29(34)31(16-6-1-2-7-17-31)26-8-4-3-5-9-26;/h3-5,8-13,24,28H,1-2,6-7,14-23H2;1H/q+1;/p-1/t24?,28-,33?;/m0./s1. The molecule has 0 radical (unpaired) electrons. The summed E-state index contributed by atoms with van der Waals surface area (Å²) in [5, 5.41) is 0.813. The molecule has 194 valence electrons. The number of rotatable bonds is 6. The van der Waals surface area contributed by atoms with Gasteiger partial charge in [-0.3, -0.25) is 4.79 Å². The minimum absolute atomic E-state index is 0. The summed E-state index contributed by atoms with van der Waals surface area (Å²) in [6.07, 6.45) is 11.5. The SMILES string of the molecule is O=C(O[C@H]1C[N+]2(CC3(c4ccc(Cl)cc4)CC3)CCC1CC2)C1(c2ccccc2)CCCCCC1.[Br-]. The van der Waals surface area contributed by atoms with Crippen molar-refractivity contribution in [2.24, 2.45) is 5.92 Å². The van der Waals surface area contributed by atoms with Crippen LogP contribution in [0.3, 0.4) is 0 Å². The van der Waals surface area contributed by atoms with E-state index in [9.17, 15) is 4.79 Å². The number of ether oxygens (including phenoxy) is 1. The Morgan fingerprint density at radius 2 is 1.50 bits per heavy atom. The van der Waals surface area contributed by atoms with E-state index in [-0.39, 0.29) is 34.5 Å². The largest absolute Gasteiger partial charge is 1.00 e. The van der Waals surface area contributed by atoms with E-state index in [2.05, 4.69) is 42.5 Å². The highest BCUT2D eigenvalue weighted by Gasteiger charge is 2.56. The van der Waals surface area contributed by atoms with Crippen molar-refractivity contribution in [1.82, 2.24) is 0 Å². The van der Waals surface area contributed by atoms with Crippen LogP contribution < -0.4 is 17.0 Å². The number of nitrogens with zero attached hydrogens (tertiary/aromatic N) is 1. The Bertz CT molecular complexity index is 1040. The molecule has 3 nitrogen and oxygen atoms in total. The van der Waals surface area contributed by atoms with E-state index in [1.165, 1.54) is 63.7 Å². The molecule has 2 aromatic rings. The summed E-state index contributed by atoms with van der Waals surface area (Å²) in [5.74, 6) is 0.588. The minimum atomic E-state index is -0.463. The van der Waals surface area contributed by atoms with Gasteiger partial charge in [0.15, 0.2) is 6.10 Å². The van der Waals surface area contributed by atoms with Gasteiger partial charge < -0.3 is 26.2 Å². The third-order valence-corrected chi connectivity index (χ3v) is 10.2. The first-order chi connectivity index (χ1) is 17.0. The van der Waals surface area contributed by atoms with Gasteiger partial charge in [0.2, 0.25) is 0 Å². The average Bonchev–Trinajstić information content (AvgIpc) is 3.69. The van der Waals surface area contributed by atoms with E-state index in [1.54, 1.807) is 0 Å². The summed E-state index contributed by atoms with van der Waals surface area (Å²) in [7, 11) is 0. The summed E-state index contributed by atoms with van der Waals surface area (Å²) in [5.41, 5.74) is 2.43. The number of carbonyl (C=O) groups is 1. The third kappa shape index (κ3) is 4.90. The molecule has 0 N–H and O–H groups in total. The summed E-state index contributed by atoms with van der Waals surface area (Å²) >= 11 is 6.18. The quantitative estimate of drug-likeness (QED) is 0.299. The molecule has 5 heteroatoms. The van der Waals surface area contributed by atoms with Gasteiger partial charge in [0.1, 0.15) is 6.54 Å². The summed E-state index contributed by atoms with van der Waals surface area (Å²) in [6, 6.07) is 19.1. The van der Waals surface area contributed by atoms with Crippen molar-refractivity contribution in [2.45, 2.75) is 81.1 Å². The molecule has 36 heavy (non-hydrogen) atoms. The molecular weight excluding hydrogens is 534 g/mol. The van der Waals surface area contributed by atoms with Gasteiger partial charge in [0.25, 0.3) is 0 Å². The molecule has 3 heterocycles. The van der Waals surface area contributed by atoms with Crippen molar-refractivity contribution in [3.8, 4) is 0 Å². The van der Waals surface area contributed by atoms with E-state index >= 15 is 0 Å². The molecule has 0 aromatic heterocycles. The molecule has 2 saturated carbocycles. The number of halogens is 2. The van der Waals surface area contributed by atoms with Gasteiger partial charge in [-0.15, -0.1) is 0 Å². The van der Waals surface area contributed by atoms with Crippen molar-refractivity contribution in [3.63, 3.8) is 0 Å². The van der Waals surface area contributed by atoms with E-state index in [0.29, 0.717) is 5.92 Å². The number of fused-ring (bicyclic) bond motifs is 3. The lowest BCUT2D eigenvalue weighted by molar-refractivity contribution is -0.948. The molecule has 2 aromatic carbocycles. The van der Waals surface area contributed by atoms with Crippen LogP contribution in [0.2, 0.25) is 5.02 Å². The number of quaternary nitrogens is 1. The lowest BCUT2D eigenvalue weighted by atomic mass is 9.74. The smallest absolute Gasteiger partial charge is 0.317 e. The van der Waals surface area contributed by atoms with Crippen molar-refractivity contribution >= 4 is 17.6 Å². The average molecular weight is 573 g/mol. The number of hydrogen-bond acceptors (Lipinski definition) is 2. The molecular formula is C31H39BrClNO2. The van der Waals surface area contributed by atoms with Crippen LogP contribution in [0, 0.1) is 5.92 Å². The highest BCUT2D eigenvalue weighted by Crippen LogP contribution is 2.52. The predicted octanol–water partition coefficient (Wildman–Crippen LogP) is 3.82. The van der Waals surface area contributed by atoms with E-state index < -0.39 is 5.41 Å². The Labute approximate surface area is 231 Å². The van der Waals surface area contributed by atoms with Crippen LogP contribution in [0.4, 0.5) is 0 Å². The van der Waals surface area contributed by atoms with Gasteiger partial charge in [-0.2, -0.15) is 0 Å². The molecule has 3 aliphatic heterocycles. The topological polar surface area (TPSA) is 26.3 Å². The normalized spacial score (nSPS) is 30.0. The summed E-state index contributed by atoms with van der Waals surface area (Å²) in [4.78, 5) is 14.0. The lowest BCUT2D eigenvalue weighted by Crippen LogP contribution is -3.00. The molecule has 1 atom stereocenters. The van der Waals surface area contributed by atoms with Crippen molar-refractivity contribution in [3.05, 3.63) is 70.7 Å². The first-order valence-electron chi connectivity index (χ1n) is 13.9. The second-order valence-corrected chi connectivity index (χ2v) is 12.5. The zero-order valence-electron chi connectivity index (χ0n) is 21.3. The minimum Gasteiger partial charge on any atom is -1.00 e. The Balaban J connectivity index is 0.00000267. The number of piperidine rings is 3. The van der Waals surface area contributed by atoms with Gasteiger partial charge in [-0.25, -0.2) is 0 Å². The Morgan fingerprint density at radius 1 is 0.861 bits per heavy atom. The fourth-order valence-electron chi connectivity index (χ4n) is 7.66. The molecule has 2 bridgehead atoms. The van der Waals surface area contributed by atoms with Gasteiger partial charge in [0.05, 0.1) is 25.0 Å². The van der Waals surface area contributed by atoms with Gasteiger partial charge in [-0.05, 0) is 48.9 Å². The lowest BCUT2D eigenvalue weighted by Gasteiger charge is -2.53. The second-order valence-electron chi connectivity index (χ2n) is 12.1. The molecule has 0 amide bonds. The number of esters is 1. The van der Waals surface area contributed by atoms with Gasteiger partial charge in [0, 0.05) is 29.2 Å². The maximum Gasteiger partial charge on any atom is 0.317 e. The monoisotopic (exact) mass is 571 g/mol. The molecule has 0 unspecified atom stereocenters. The number of carbonyl (C=O) groups excluding carboxylic acids is 1. The van der Waals surface area contributed by atoms with Crippen LogP contribution in [-0.2, 0) is 20.4 Å². The van der Waals surface area contributed by atoms with Crippen LogP contribution in [0.15, 0.2) is 54.6 Å².